The topological polar surface area (TPSA) is 67.2 Å². The Morgan fingerprint density at radius 1 is 1.38 bits per heavy atom. The van der Waals surface area contributed by atoms with Gasteiger partial charge in [0, 0.05) is 31.8 Å². The fourth-order valence-corrected chi connectivity index (χ4v) is 1.87. The lowest BCUT2D eigenvalue weighted by Gasteiger charge is -2.07. The van der Waals surface area contributed by atoms with E-state index in [4.69, 9.17) is 5.11 Å². The largest absolute Gasteiger partial charge is 0.395 e. The molecule has 1 amide bonds. The lowest BCUT2D eigenvalue weighted by molar-refractivity contribution is 0.0941. The molecule has 0 atom stereocenters. The summed E-state index contributed by atoms with van der Waals surface area (Å²) in [6, 6.07) is 9.29. The molecule has 1 aromatic carbocycles. The molecule has 2 aromatic rings. The van der Waals surface area contributed by atoms with Crippen LogP contribution in [0.25, 0.3) is 0 Å². The second-order valence-corrected chi connectivity index (χ2v) is 4.46. The predicted molar refractivity (Wildman–Crippen MR) is 79.4 cm³/mol. The Morgan fingerprint density at radius 3 is 2.90 bits per heavy atom. The first kappa shape index (κ1) is 14.8. The van der Waals surface area contributed by atoms with Crippen LogP contribution in [-0.2, 0) is 13.6 Å². The zero-order chi connectivity index (χ0) is 15.1. The molecular weight excluding hydrogens is 266 g/mol. The Bertz CT molecular complexity index is 680. The van der Waals surface area contributed by atoms with Gasteiger partial charge in [0.25, 0.3) is 5.91 Å². The number of nitrogens with zero attached hydrogens (tertiary/aromatic N) is 2. The Labute approximate surface area is 123 Å². The number of carbonyl (C=O) groups is 1. The van der Waals surface area contributed by atoms with Crippen molar-refractivity contribution in [2.75, 3.05) is 6.61 Å². The maximum absolute atomic E-state index is 12.0. The molecule has 2 rings (SSSR count). The number of benzene rings is 1. The van der Waals surface area contributed by atoms with Crippen molar-refractivity contribution >= 4 is 5.91 Å². The number of nitrogens with one attached hydrogen (secondary N) is 1. The second-order valence-electron chi connectivity index (χ2n) is 4.46. The number of aromatic nitrogens is 2. The zero-order valence-corrected chi connectivity index (χ0v) is 11.8. The summed E-state index contributed by atoms with van der Waals surface area (Å²) in [4.78, 5) is 12.0. The number of amides is 1. The molecule has 0 radical (unpaired) electrons. The van der Waals surface area contributed by atoms with Crippen LogP contribution in [0.4, 0.5) is 0 Å². The summed E-state index contributed by atoms with van der Waals surface area (Å²) >= 11 is 0. The second kappa shape index (κ2) is 7.27. The minimum Gasteiger partial charge on any atom is -0.395 e. The van der Waals surface area contributed by atoms with Crippen LogP contribution in [0, 0.1) is 11.8 Å². The number of aliphatic hydroxyl groups excluding tert-OH is 1. The smallest absolute Gasteiger partial charge is 0.269 e. The summed E-state index contributed by atoms with van der Waals surface area (Å²) in [5.74, 6) is 5.72. The van der Waals surface area contributed by atoms with Gasteiger partial charge in [-0.1, -0.05) is 30.0 Å². The molecule has 0 aliphatic carbocycles. The summed E-state index contributed by atoms with van der Waals surface area (Å²) in [7, 11) is 1.73. The highest BCUT2D eigenvalue weighted by Gasteiger charge is 2.09. The third-order valence-corrected chi connectivity index (χ3v) is 2.97. The van der Waals surface area contributed by atoms with E-state index in [1.165, 1.54) is 4.68 Å². The van der Waals surface area contributed by atoms with Crippen LogP contribution in [0.1, 0.15) is 28.0 Å². The van der Waals surface area contributed by atoms with Crippen molar-refractivity contribution in [3.05, 3.63) is 53.3 Å². The summed E-state index contributed by atoms with van der Waals surface area (Å²) in [5.41, 5.74) is 2.31. The molecule has 1 aromatic heterocycles. The van der Waals surface area contributed by atoms with Crippen LogP contribution >= 0.6 is 0 Å². The SMILES string of the molecule is Cn1nccc1C(=O)NCc1ccccc1C#CCCO. The molecule has 0 saturated heterocycles. The van der Waals surface area contributed by atoms with Gasteiger partial charge >= 0.3 is 0 Å². The van der Waals surface area contributed by atoms with Crippen molar-refractivity contribution in [1.29, 1.82) is 0 Å². The van der Waals surface area contributed by atoms with E-state index >= 15 is 0 Å². The van der Waals surface area contributed by atoms with E-state index in [2.05, 4.69) is 22.3 Å². The normalized spacial score (nSPS) is 9.81. The van der Waals surface area contributed by atoms with Gasteiger partial charge in [-0.25, -0.2) is 0 Å². The van der Waals surface area contributed by atoms with Gasteiger partial charge in [0.05, 0.1) is 6.61 Å². The van der Waals surface area contributed by atoms with Crippen molar-refractivity contribution in [2.45, 2.75) is 13.0 Å². The number of aliphatic hydroxyl groups is 1. The van der Waals surface area contributed by atoms with Crippen molar-refractivity contribution < 1.29 is 9.90 Å². The van der Waals surface area contributed by atoms with Crippen LogP contribution in [0.2, 0.25) is 0 Å². The van der Waals surface area contributed by atoms with Gasteiger partial charge in [0.15, 0.2) is 0 Å². The lowest BCUT2D eigenvalue weighted by Crippen LogP contribution is -2.25. The molecule has 0 aliphatic heterocycles. The number of aryl methyl sites for hydroxylation is 1. The van der Waals surface area contributed by atoms with Gasteiger partial charge in [-0.3, -0.25) is 9.48 Å². The third-order valence-electron chi connectivity index (χ3n) is 2.97. The molecule has 108 valence electrons. The molecule has 0 saturated carbocycles. The van der Waals surface area contributed by atoms with E-state index in [0.29, 0.717) is 18.7 Å². The fraction of sp³-hybridized carbons (Fsp3) is 0.250. The predicted octanol–water partition coefficient (Wildman–Crippen LogP) is 1.08. The van der Waals surface area contributed by atoms with Crippen molar-refractivity contribution in [1.82, 2.24) is 15.1 Å². The molecule has 21 heavy (non-hydrogen) atoms. The van der Waals surface area contributed by atoms with Gasteiger partial charge < -0.3 is 10.4 Å². The first-order valence-corrected chi connectivity index (χ1v) is 6.66. The number of hydrogen-bond donors (Lipinski definition) is 2. The highest BCUT2D eigenvalue weighted by molar-refractivity contribution is 5.92. The van der Waals surface area contributed by atoms with Crippen LogP contribution in [0.5, 0.6) is 0 Å². The third kappa shape index (κ3) is 3.94. The Hall–Kier alpha value is -2.58. The van der Waals surface area contributed by atoms with E-state index < -0.39 is 0 Å². The van der Waals surface area contributed by atoms with Crippen LogP contribution in [0.15, 0.2) is 36.5 Å². The average Bonchev–Trinajstić information content (AvgIpc) is 2.92. The van der Waals surface area contributed by atoms with Crippen LogP contribution in [-0.4, -0.2) is 27.4 Å². The van der Waals surface area contributed by atoms with E-state index in [1.54, 1.807) is 19.3 Å². The van der Waals surface area contributed by atoms with Crippen LogP contribution < -0.4 is 5.32 Å². The number of carbonyl (C=O) groups excluding carboxylic acids is 1. The van der Waals surface area contributed by atoms with Gasteiger partial charge in [0.2, 0.25) is 0 Å². The summed E-state index contributed by atoms with van der Waals surface area (Å²) in [6.45, 7) is 0.445. The molecule has 2 N–H and O–H groups in total. The average molecular weight is 283 g/mol. The minimum absolute atomic E-state index is 0.0480. The van der Waals surface area contributed by atoms with Crippen molar-refractivity contribution in [2.24, 2.45) is 7.05 Å². The molecule has 0 aliphatic rings. The minimum atomic E-state index is -0.173. The fourth-order valence-electron chi connectivity index (χ4n) is 1.87. The lowest BCUT2D eigenvalue weighted by atomic mass is 10.1. The Morgan fingerprint density at radius 2 is 2.19 bits per heavy atom. The van der Waals surface area contributed by atoms with E-state index in [0.717, 1.165) is 11.1 Å². The Balaban J connectivity index is 2.05. The maximum Gasteiger partial charge on any atom is 0.269 e. The molecule has 1 heterocycles. The standard InChI is InChI=1S/C16H17N3O2/c1-19-15(9-10-18-19)16(21)17-12-14-8-3-2-6-13(14)7-4-5-11-20/h2-3,6,8-10,20H,5,11-12H2,1H3,(H,17,21). The summed E-state index contributed by atoms with van der Waals surface area (Å²) in [5, 5.41) is 15.6. The monoisotopic (exact) mass is 283 g/mol. The maximum atomic E-state index is 12.0. The van der Waals surface area contributed by atoms with E-state index in [-0.39, 0.29) is 12.5 Å². The first-order chi connectivity index (χ1) is 10.2. The Kier molecular flexibility index (Phi) is 5.13. The molecule has 0 bridgehead atoms. The van der Waals surface area contributed by atoms with Gasteiger partial charge in [-0.05, 0) is 17.7 Å². The molecule has 0 spiro atoms. The molecule has 0 fully saturated rings. The number of hydrogen-bond acceptors (Lipinski definition) is 3. The van der Waals surface area contributed by atoms with Gasteiger partial charge in [-0.2, -0.15) is 5.10 Å². The summed E-state index contributed by atoms with van der Waals surface area (Å²) in [6.07, 6.45) is 2.03. The summed E-state index contributed by atoms with van der Waals surface area (Å²) < 4.78 is 1.53. The van der Waals surface area contributed by atoms with Crippen molar-refractivity contribution in [3.63, 3.8) is 0 Å². The first-order valence-electron chi connectivity index (χ1n) is 6.66. The molecule has 5 nitrogen and oxygen atoms in total. The highest BCUT2D eigenvalue weighted by atomic mass is 16.2. The molecule has 0 unspecified atom stereocenters. The highest BCUT2D eigenvalue weighted by Crippen LogP contribution is 2.07. The van der Waals surface area contributed by atoms with Crippen molar-refractivity contribution in [3.8, 4) is 11.8 Å². The number of rotatable bonds is 4. The van der Waals surface area contributed by atoms with Gasteiger partial charge in [0.1, 0.15) is 5.69 Å². The van der Waals surface area contributed by atoms with E-state index in [1.807, 2.05) is 24.3 Å². The van der Waals surface area contributed by atoms with E-state index in [9.17, 15) is 4.79 Å². The molecular formula is C16H17N3O2. The van der Waals surface area contributed by atoms with Crippen LogP contribution in [0.3, 0.4) is 0 Å². The zero-order valence-electron chi connectivity index (χ0n) is 11.8. The molecule has 5 heteroatoms. The quantitative estimate of drug-likeness (QED) is 0.825. The van der Waals surface area contributed by atoms with Gasteiger partial charge in [-0.15, -0.1) is 0 Å².